The van der Waals surface area contributed by atoms with Crippen molar-refractivity contribution in [2.45, 2.75) is 6.92 Å². The van der Waals surface area contributed by atoms with Gasteiger partial charge in [-0.2, -0.15) is 5.26 Å². The van der Waals surface area contributed by atoms with Gasteiger partial charge in [0, 0.05) is 4.88 Å². The average molecular weight is 158 g/mol. The maximum absolute atomic E-state index is 10.6. The lowest BCUT2D eigenvalue weighted by molar-refractivity contribution is -0.182. The molecule has 1 aromatic heterocycles. The molecule has 0 saturated carbocycles. The summed E-state index contributed by atoms with van der Waals surface area (Å²) in [5.74, 6) is -0.696. The van der Waals surface area contributed by atoms with E-state index in [2.05, 4.69) is 4.89 Å². The van der Waals surface area contributed by atoms with Gasteiger partial charge in [0.15, 0.2) is 0 Å². The highest BCUT2D eigenvalue weighted by Gasteiger charge is 2.09. The first-order chi connectivity index (χ1) is 4.75. The monoisotopic (exact) mass is 158 g/mol. The first-order valence-corrected chi connectivity index (χ1v) is 3.53. The van der Waals surface area contributed by atoms with Crippen LogP contribution in [0.1, 0.15) is 15.2 Å². The highest BCUT2D eigenvalue weighted by Crippen LogP contribution is 2.15. The largest absolute Gasteiger partial charge is 0.373 e. The van der Waals surface area contributed by atoms with E-state index in [1.54, 1.807) is 18.4 Å². The molecule has 0 aliphatic carbocycles. The summed E-state index contributed by atoms with van der Waals surface area (Å²) in [4.78, 5) is 15.0. The normalized spacial score (nSPS) is 9.40. The van der Waals surface area contributed by atoms with Gasteiger partial charge in [0.05, 0.1) is 5.56 Å². The predicted octanol–water partition coefficient (Wildman–Crippen LogP) is 1.69. The van der Waals surface area contributed by atoms with Gasteiger partial charge in [-0.3, -0.25) is 4.89 Å². The van der Waals surface area contributed by atoms with Crippen molar-refractivity contribution in [2.75, 3.05) is 0 Å². The highest BCUT2D eigenvalue weighted by atomic mass is 32.1. The second-order valence-electron chi connectivity index (χ2n) is 1.77. The quantitative estimate of drug-likeness (QED) is 0.499. The molecular formula is C6H6O3S. The molecule has 0 atom stereocenters. The molecule has 1 aromatic rings. The van der Waals surface area contributed by atoms with Crippen LogP contribution in [0.15, 0.2) is 11.4 Å². The van der Waals surface area contributed by atoms with E-state index in [1.807, 2.05) is 0 Å². The number of hydrogen-bond acceptors (Lipinski definition) is 4. The lowest BCUT2D eigenvalue weighted by Gasteiger charge is -1.91. The maximum Gasteiger partial charge on any atom is 0.373 e. The van der Waals surface area contributed by atoms with E-state index in [-0.39, 0.29) is 0 Å². The van der Waals surface area contributed by atoms with Crippen LogP contribution in [0.25, 0.3) is 0 Å². The Bertz CT molecular complexity index is 241. The van der Waals surface area contributed by atoms with E-state index >= 15 is 0 Å². The van der Waals surface area contributed by atoms with Crippen LogP contribution in [-0.2, 0) is 4.89 Å². The van der Waals surface area contributed by atoms with E-state index in [0.717, 1.165) is 4.88 Å². The number of hydrogen-bond donors (Lipinski definition) is 1. The summed E-state index contributed by atoms with van der Waals surface area (Å²) < 4.78 is 0. The second-order valence-corrected chi connectivity index (χ2v) is 2.89. The molecule has 0 aliphatic rings. The van der Waals surface area contributed by atoms with Crippen LogP contribution >= 0.6 is 11.3 Å². The van der Waals surface area contributed by atoms with Crippen LogP contribution in [0.3, 0.4) is 0 Å². The molecule has 0 unspecified atom stereocenters. The molecule has 0 bridgehead atoms. The molecule has 1 N–H and O–H groups in total. The lowest BCUT2D eigenvalue weighted by atomic mass is 10.3. The summed E-state index contributed by atoms with van der Waals surface area (Å²) >= 11 is 1.44. The average Bonchev–Trinajstić information content (AvgIpc) is 2.34. The van der Waals surface area contributed by atoms with Gasteiger partial charge < -0.3 is 0 Å². The molecule has 0 aliphatic heterocycles. The van der Waals surface area contributed by atoms with Crippen LogP contribution < -0.4 is 0 Å². The molecular weight excluding hydrogens is 152 g/mol. The Morgan fingerprint density at radius 1 is 1.80 bits per heavy atom. The molecule has 0 radical (unpaired) electrons. The number of carbonyl (C=O) groups excluding carboxylic acids is 1. The van der Waals surface area contributed by atoms with Gasteiger partial charge in [-0.05, 0) is 18.4 Å². The van der Waals surface area contributed by atoms with Crippen molar-refractivity contribution in [1.29, 1.82) is 0 Å². The fourth-order valence-corrected chi connectivity index (χ4v) is 1.33. The Morgan fingerprint density at radius 2 is 2.50 bits per heavy atom. The van der Waals surface area contributed by atoms with E-state index < -0.39 is 5.97 Å². The van der Waals surface area contributed by atoms with Gasteiger partial charge in [-0.15, -0.1) is 11.3 Å². The Balaban J connectivity index is 2.93. The molecule has 1 rings (SSSR count). The van der Waals surface area contributed by atoms with Crippen molar-refractivity contribution in [3.05, 3.63) is 21.9 Å². The van der Waals surface area contributed by atoms with Crippen LogP contribution in [0.4, 0.5) is 0 Å². The van der Waals surface area contributed by atoms with Crippen molar-refractivity contribution in [2.24, 2.45) is 0 Å². The van der Waals surface area contributed by atoms with Gasteiger partial charge >= 0.3 is 5.97 Å². The molecule has 10 heavy (non-hydrogen) atoms. The summed E-state index contributed by atoms with van der Waals surface area (Å²) in [5, 5.41) is 9.75. The van der Waals surface area contributed by atoms with Crippen LogP contribution in [-0.4, -0.2) is 11.2 Å². The molecule has 0 fully saturated rings. The minimum absolute atomic E-state index is 0.424. The minimum atomic E-state index is -0.696. The maximum atomic E-state index is 10.6. The van der Waals surface area contributed by atoms with Gasteiger partial charge in [-0.25, -0.2) is 4.79 Å². The number of thiophene rings is 1. The predicted molar refractivity (Wildman–Crippen MR) is 37.1 cm³/mol. The van der Waals surface area contributed by atoms with Crippen LogP contribution in [0.2, 0.25) is 0 Å². The van der Waals surface area contributed by atoms with E-state index in [4.69, 9.17) is 5.26 Å². The van der Waals surface area contributed by atoms with E-state index in [9.17, 15) is 4.79 Å². The third-order valence-electron chi connectivity index (χ3n) is 1.16. The fraction of sp³-hybridized carbons (Fsp3) is 0.167. The molecule has 54 valence electrons. The minimum Gasteiger partial charge on any atom is -0.295 e. The molecule has 1 heterocycles. The van der Waals surface area contributed by atoms with Crippen molar-refractivity contribution >= 4 is 17.3 Å². The number of rotatable bonds is 1. The van der Waals surface area contributed by atoms with Gasteiger partial charge in [0.1, 0.15) is 0 Å². The third kappa shape index (κ3) is 1.17. The topological polar surface area (TPSA) is 46.5 Å². The van der Waals surface area contributed by atoms with Crippen LogP contribution in [0, 0.1) is 6.92 Å². The summed E-state index contributed by atoms with van der Waals surface area (Å²) in [5.41, 5.74) is 0.424. The van der Waals surface area contributed by atoms with E-state index in [0.29, 0.717) is 5.56 Å². The molecule has 0 spiro atoms. The molecule has 4 heteroatoms. The zero-order valence-electron chi connectivity index (χ0n) is 5.33. The van der Waals surface area contributed by atoms with E-state index in [1.165, 1.54) is 11.3 Å². The number of aryl methyl sites for hydroxylation is 1. The molecule has 0 aromatic carbocycles. The standard InChI is InChI=1S/C6H6O3S/c1-4-5(2-3-10-4)6(7)9-8/h2-3,8H,1H3. The lowest BCUT2D eigenvalue weighted by Crippen LogP contribution is -2.00. The zero-order chi connectivity index (χ0) is 7.56. The smallest absolute Gasteiger partial charge is 0.295 e. The summed E-state index contributed by atoms with van der Waals surface area (Å²) in [6, 6.07) is 1.61. The summed E-state index contributed by atoms with van der Waals surface area (Å²) in [6.07, 6.45) is 0. The molecule has 0 amide bonds. The fourth-order valence-electron chi connectivity index (χ4n) is 0.646. The SMILES string of the molecule is Cc1sccc1C(=O)OO. The second kappa shape index (κ2) is 2.81. The summed E-state index contributed by atoms with van der Waals surface area (Å²) in [7, 11) is 0. The van der Waals surface area contributed by atoms with Crippen molar-refractivity contribution in [3.8, 4) is 0 Å². The van der Waals surface area contributed by atoms with Gasteiger partial charge in [-0.1, -0.05) is 0 Å². The molecule has 3 nitrogen and oxygen atoms in total. The Kier molecular flexibility index (Phi) is 2.03. The van der Waals surface area contributed by atoms with Gasteiger partial charge in [0.25, 0.3) is 0 Å². The Hall–Kier alpha value is -0.870. The van der Waals surface area contributed by atoms with Gasteiger partial charge in [0.2, 0.25) is 0 Å². The molecule has 0 saturated heterocycles. The Labute approximate surface area is 61.8 Å². The van der Waals surface area contributed by atoms with Crippen molar-refractivity contribution in [1.82, 2.24) is 0 Å². The Morgan fingerprint density at radius 3 is 2.90 bits per heavy atom. The zero-order valence-corrected chi connectivity index (χ0v) is 6.14. The first-order valence-electron chi connectivity index (χ1n) is 2.65. The highest BCUT2D eigenvalue weighted by molar-refractivity contribution is 7.10. The van der Waals surface area contributed by atoms with Crippen LogP contribution in [0.5, 0.6) is 0 Å². The number of carbonyl (C=O) groups is 1. The summed E-state index contributed by atoms with van der Waals surface area (Å²) in [6.45, 7) is 1.79. The van der Waals surface area contributed by atoms with Crippen molar-refractivity contribution in [3.63, 3.8) is 0 Å². The first kappa shape index (κ1) is 7.24. The van der Waals surface area contributed by atoms with Crippen molar-refractivity contribution < 1.29 is 14.9 Å². The third-order valence-corrected chi connectivity index (χ3v) is 2.01.